The lowest BCUT2D eigenvalue weighted by molar-refractivity contribution is -0.143. The van der Waals surface area contributed by atoms with E-state index in [9.17, 15) is 24.3 Å². The number of carbonyl (C=O) groups excluding carboxylic acids is 3. The zero-order valence-corrected chi connectivity index (χ0v) is 19.4. The van der Waals surface area contributed by atoms with Gasteiger partial charge in [-0.1, -0.05) is 64.4 Å². The second-order valence-electron chi connectivity index (χ2n) is 8.46. The molecule has 9 heteroatoms. The molecule has 0 spiro atoms. The van der Waals surface area contributed by atoms with Crippen molar-refractivity contribution in [2.24, 2.45) is 17.6 Å². The van der Waals surface area contributed by atoms with Crippen LogP contribution in [0.1, 0.15) is 46.6 Å². The smallest absolute Gasteiger partial charge is 0.326 e. The first-order chi connectivity index (χ1) is 15.0. The normalized spacial score (nSPS) is 15.7. The molecule has 178 valence electrons. The molecule has 0 fully saturated rings. The van der Waals surface area contributed by atoms with Crippen LogP contribution >= 0.6 is 0 Å². The molecule has 0 heterocycles. The average Bonchev–Trinajstić information content (AvgIpc) is 2.75. The van der Waals surface area contributed by atoms with Crippen molar-refractivity contribution in [1.82, 2.24) is 16.0 Å². The minimum absolute atomic E-state index is 0.102. The van der Waals surface area contributed by atoms with E-state index in [1.54, 1.807) is 20.8 Å². The topological polar surface area (TPSA) is 151 Å². The summed E-state index contributed by atoms with van der Waals surface area (Å²) in [6.45, 7) is 8.66. The maximum Gasteiger partial charge on any atom is 0.326 e. The van der Waals surface area contributed by atoms with Gasteiger partial charge in [-0.05, 0) is 24.3 Å². The number of hydrogen-bond donors (Lipinski definition) is 5. The first-order valence-corrected chi connectivity index (χ1v) is 10.9. The summed E-state index contributed by atoms with van der Waals surface area (Å²) in [5.74, 6) is -3.17. The number of benzene rings is 1. The Kier molecular flexibility index (Phi) is 10.8. The quantitative estimate of drug-likeness (QED) is 0.319. The number of nitrogens with two attached hydrogens (primary N) is 1. The van der Waals surface area contributed by atoms with Gasteiger partial charge in [0.2, 0.25) is 17.7 Å². The molecule has 9 nitrogen and oxygen atoms in total. The van der Waals surface area contributed by atoms with Gasteiger partial charge >= 0.3 is 5.97 Å². The molecule has 1 aromatic carbocycles. The van der Waals surface area contributed by atoms with E-state index in [2.05, 4.69) is 16.0 Å². The summed E-state index contributed by atoms with van der Waals surface area (Å²) in [4.78, 5) is 49.5. The van der Waals surface area contributed by atoms with Crippen molar-refractivity contribution in [2.45, 2.75) is 71.6 Å². The summed E-state index contributed by atoms with van der Waals surface area (Å²) in [6.07, 6.45) is 0.726. The molecule has 0 saturated carbocycles. The van der Waals surface area contributed by atoms with E-state index >= 15 is 0 Å². The van der Waals surface area contributed by atoms with Crippen LogP contribution in [0.25, 0.3) is 0 Å². The summed E-state index contributed by atoms with van der Waals surface area (Å²) in [5.41, 5.74) is 6.61. The van der Waals surface area contributed by atoms with E-state index < -0.39 is 47.9 Å². The lowest BCUT2D eigenvalue weighted by Crippen LogP contribution is -2.58. The molecule has 32 heavy (non-hydrogen) atoms. The molecular formula is C23H36N4O5. The summed E-state index contributed by atoms with van der Waals surface area (Å²) < 4.78 is 0. The fourth-order valence-electron chi connectivity index (χ4n) is 2.97. The van der Waals surface area contributed by atoms with E-state index in [-0.39, 0.29) is 18.3 Å². The fraction of sp³-hybridized carbons (Fsp3) is 0.565. The largest absolute Gasteiger partial charge is 0.480 e. The number of rotatable bonds is 12. The van der Waals surface area contributed by atoms with Gasteiger partial charge in [-0.25, -0.2) is 4.79 Å². The summed E-state index contributed by atoms with van der Waals surface area (Å²) in [6, 6.07) is 5.27. The Morgan fingerprint density at radius 2 is 1.50 bits per heavy atom. The van der Waals surface area contributed by atoms with Crippen LogP contribution in [0, 0.1) is 11.8 Å². The predicted molar refractivity (Wildman–Crippen MR) is 122 cm³/mol. The molecule has 5 unspecified atom stereocenters. The van der Waals surface area contributed by atoms with E-state index in [0.29, 0.717) is 6.42 Å². The van der Waals surface area contributed by atoms with Gasteiger partial charge in [0, 0.05) is 6.42 Å². The average molecular weight is 449 g/mol. The monoisotopic (exact) mass is 448 g/mol. The SMILES string of the molecule is CCC(C)C(NC(=O)C(Cc1ccccc1)NC(=O)C(C)NC(=O)C(N)C(C)C)C(=O)O. The highest BCUT2D eigenvalue weighted by atomic mass is 16.4. The molecule has 0 aliphatic carbocycles. The summed E-state index contributed by atoms with van der Waals surface area (Å²) in [5, 5.41) is 17.2. The second-order valence-corrected chi connectivity index (χ2v) is 8.46. The minimum atomic E-state index is -1.14. The van der Waals surface area contributed by atoms with E-state index in [1.807, 2.05) is 37.3 Å². The zero-order valence-electron chi connectivity index (χ0n) is 19.4. The maximum atomic E-state index is 13.0. The van der Waals surface area contributed by atoms with Crippen molar-refractivity contribution in [3.05, 3.63) is 35.9 Å². The minimum Gasteiger partial charge on any atom is -0.480 e. The molecule has 0 radical (unpaired) electrons. The molecule has 5 atom stereocenters. The van der Waals surface area contributed by atoms with E-state index in [1.165, 1.54) is 6.92 Å². The third-order valence-corrected chi connectivity index (χ3v) is 5.47. The van der Waals surface area contributed by atoms with Crippen molar-refractivity contribution in [1.29, 1.82) is 0 Å². The number of carboxylic acid groups (broad SMARTS) is 1. The molecule has 0 aliphatic heterocycles. The molecule has 0 aliphatic rings. The Morgan fingerprint density at radius 3 is 2.00 bits per heavy atom. The predicted octanol–water partition coefficient (Wildman–Crippen LogP) is 0.817. The van der Waals surface area contributed by atoms with E-state index in [0.717, 1.165) is 5.56 Å². The van der Waals surface area contributed by atoms with Crippen LogP contribution in [0.4, 0.5) is 0 Å². The van der Waals surface area contributed by atoms with E-state index in [4.69, 9.17) is 5.73 Å². The number of carbonyl (C=O) groups is 4. The number of nitrogens with one attached hydrogen (secondary N) is 3. The molecule has 3 amide bonds. The van der Waals surface area contributed by atoms with Gasteiger partial charge in [-0.3, -0.25) is 14.4 Å². The highest BCUT2D eigenvalue weighted by Gasteiger charge is 2.31. The summed E-state index contributed by atoms with van der Waals surface area (Å²) in [7, 11) is 0. The van der Waals surface area contributed by atoms with Crippen molar-refractivity contribution < 1.29 is 24.3 Å². The third kappa shape index (κ3) is 8.30. The number of carboxylic acids is 1. The Labute approximate surface area is 189 Å². The third-order valence-electron chi connectivity index (χ3n) is 5.47. The molecule has 0 aromatic heterocycles. The van der Waals surface area contributed by atoms with Crippen LogP contribution in [0.3, 0.4) is 0 Å². The molecular weight excluding hydrogens is 412 g/mol. The van der Waals surface area contributed by atoms with Crippen LogP contribution in [0.5, 0.6) is 0 Å². The van der Waals surface area contributed by atoms with Gasteiger partial charge in [0.05, 0.1) is 6.04 Å². The fourth-order valence-corrected chi connectivity index (χ4v) is 2.97. The molecule has 6 N–H and O–H groups in total. The van der Waals surface area contributed by atoms with Crippen molar-refractivity contribution in [3.8, 4) is 0 Å². The van der Waals surface area contributed by atoms with Gasteiger partial charge < -0.3 is 26.8 Å². The first-order valence-electron chi connectivity index (χ1n) is 10.9. The highest BCUT2D eigenvalue weighted by Crippen LogP contribution is 2.10. The zero-order chi connectivity index (χ0) is 24.4. The Hall–Kier alpha value is -2.94. The number of hydrogen-bond acceptors (Lipinski definition) is 5. The maximum absolute atomic E-state index is 13.0. The Balaban J connectivity index is 2.98. The van der Waals surface area contributed by atoms with Crippen LogP contribution in [0.15, 0.2) is 30.3 Å². The Morgan fingerprint density at radius 1 is 0.906 bits per heavy atom. The van der Waals surface area contributed by atoms with Crippen LogP contribution in [0.2, 0.25) is 0 Å². The Bertz CT molecular complexity index is 784. The second kappa shape index (κ2) is 12.8. The van der Waals surface area contributed by atoms with Gasteiger partial charge in [-0.2, -0.15) is 0 Å². The van der Waals surface area contributed by atoms with Crippen LogP contribution in [-0.2, 0) is 25.6 Å². The van der Waals surface area contributed by atoms with Gasteiger partial charge in [0.15, 0.2) is 0 Å². The molecule has 1 rings (SSSR count). The van der Waals surface area contributed by atoms with Gasteiger partial charge in [-0.15, -0.1) is 0 Å². The standard InChI is InChI=1S/C23H36N4O5/c1-6-14(4)19(23(31)32)27-21(29)17(12-16-10-8-7-9-11-16)26-20(28)15(5)25-22(30)18(24)13(2)3/h7-11,13-15,17-19H,6,12,24H2,1-5H3,(H,25,30)(H,26,28)(H,27,29)(H,31,32). The molecule has 0 saturated heterocycles. The van der Waals surface area contributed by atoms with Crippen LogP contribution in [-0.4, -0.2) is 53.0 Å². The molecule has 1 aromatic rings. The first kappa shape index (κ1) is 27.1. The van der Waals surface area contributed by atoms with Crippen molar-refractivity contribution in [2.75, 3.05) is 0 Å². The van der Waals surface area contributed by atoms with Crippen molar-refractivity contribution in [3.63, 3.8) is 0 Å². The lowest BCUT2D eigenvalue weighted by Gasteiger charge is -2.26. The number of amides is 3. The number of aliphatic carboxylic acids is 1. The van der Waals surface area contributed by atoms with Gasteiger partial charge in [0.1, 0.15) is 18.1 Å². The van der Waals surface area contributed by atoms with Crippen LogP contribution < -0.4 is 21.7 Å². The van der Waals surface area contributed by atoms with Crippen molar-refractivity contribution >= 4 is 23.7 Å². The highest BCUT2D eigenvalue weighted by molar-refractivity contribution is 5.94. The summed E-state index contributed by atoms with van der Waals surface area (Å²) >= 11 is 0. The molecule has 0 bridgehead atoms. The lowest BCUT2D eigenvalue weighted by atomic mass is 9.98. The van der Waals surface area contributed by atoms with Gasteiger partial charge in [0.25, 0.3) is 0 Å².